The van der Waals surface area contributed by atoms with E-state index in [2.05, 4.69) is 13.0 Å². The lowest BCUT2D eigenvalue weighted by atomic mass is 9.89. The van der Waals surface area contributed by atoms with E-state index in [1.165, 1.54) is 5.56 Å². The summed E-state index contributed by atoms with van der Waals surface area (Å²) in [5, 5.41) is 10.2. The topological polar surface area (TPSA) is 29.5 Å². The zero-order chi connectivity index (χ0) is 17.1. The Morgan fingerprint density at radius 1 is 1.17 bits per heavy atom. The normalized spacial score (nSPS) is 24.0. The van der Waals surface area contributed by atoms with Crippen molar-refractivity contribution in [1.29, 1.82) is 0 Å². The van der Waals surface area contributed by atoms with Crippen molar-refractivity contribution in [3.8, 4) is 0 Å². The van der Waals surface area contributed by atoms with Gasteiger partial charge in [-0.25, -0.2) is 0 Å². The highest BCUT2D eigenvalue weighted by Gasteiger charge is 2.28. The second-order valence-corrected chi connectivity index (χ2v) is 7.18. The van der Waals surface area contributed by atoms with Crippen molar-refractivity contribution in [3.63, 3.8) is 0 Å². The fraction of sp³-hybridized carbons (Fsp3) is 0.400. The average molecular weight is 341 g/mol. The van der Waals surface area contributed by atoms with E-state index < -0.39 is 0 Å². The fourth-order valence-electron chi connectivity index (χ4n) is 3.37. The van der Waals surface area contributed by atoms with Crippen molar-refractivity contribution < 1.29 is 9.84 Å². The first kappa shape index (κ1) is 17.5. The summed E-state index contributed by atoms with van der Waals surface area (Å²) in [5.74, 6) is 0.539. The van der Waals surface area contributed by atoms with E-state index in [-0.39, 0.29) is 18.8 Å². The van der Waals surface area contributed by atoms with Gasteiger partial charge in [-0.2, -0.15) is 0 Å². The summed E-state index contributed by atoms with van der Waals surface area (Å²) in [4.78, 5) is 0. The second-order valence-electron chi connectivity index (χ2n) is 6.78. The van der Waals surface area contributed by atoms with Crippen LogP contribution in [0, 0.1) is 5.92 Å². The van der Waals surface area contributed by atoms with Gasteiger partial charge in [0.25, 0.3) is 0 Å². The van der Waals surface area contributed by atoms with Crippen LogP contribution in [0.25, 0.3) is 0 Å². The lowest BCUT2D eigenvalue weighted by molar-refractivity contribution is -0.0900. The minimum Gasteiger partial charge on any atom is -0.394 e. The van der Waals surface area contributed by atoms with Gasteiger partial charge in [-0.05, 0) is 47.9 Å². The molecule has 0 saturated carbocycles. The Hall–Kier alpha value is -1.29. The summed E-state index contributed by atoms with van der Waals surface area (Å²) in [6.07, 6.45) is 2.60. The van der Waals surface area contributed by atoms with Gasteiger partial charge in [0.15, 0.2) is 0 Å². The first-order valence-corrected chi connectivity index (χ1v) is 8.82. The fourth-order valence-corrected chi connectivity index (χ4v) is 3.56. The third-order valence-corrected chi connectivity index (χ3v) is 5.03. The molecule has 1 N–H and O–H groups in total. The highest BCUT2D eigenvalue weighted by atomic mass is 35.5. The molecule has 0 spiro atoms. The predicted octanol–water partition coefficient (Wildman–Crippen LogP) is 3.57. The lowest BCUT2D eigenvalue weighted by Gasteiger charge is -2.33. The molecule has 1 heterocycles. The van der Waals surface area contributed by atoms with Crippen molar-refractivity contribution in [2.75, 3.05) is 6.61 Å². The number of halogens is 1. The summed E-state index contributed by atoms with van der Waals surface area (Å²) in [6, 6.07) is 14.0. The van der Waals surface area contributed by atoms with Gasteiger partial charge in [0, 0.05) is 5.02 Å². The maximum atomic E-state index is 9.43. The predicted molar refractivity (Wildman–Crippen MR) is 99.2 cm³/mol. The zero-order valence-corrected chi connectivity index (χ0v) is 14.7. The van der Waals surface area contributed by atoms with Crippen molar-refractivity contribution in [2.45, 2.75) is 38.4 Å². The SMILES string of the molecule is [B]c1ccc(Cc2cc([C@H]3C[C@@H](C)C[C@@H](CO)O3)ccc2Cl)cc1. The minimum atomic E-state index is -0.0741. The monoisotopic (exact) mass is 340 g/mol. The van der Waals surface area contributed by atoms with Gasteiger partial charge in [0.1, 0.15) is 7.85 Å². The van der Waals surface area contributed by atoms with Crippen LogP contribution in [0.5, 0.6) is 0 Å². The molecule has 4 heteroatoms. The average Bonchev–Trinajstić information content (AvgIpc) is 2.58. The molecule has 124 valence electrons. The number of benzene rings is 2. The molecular formula is C20H22BClO2. The minimum absolute atomic E-state index is 0.0216. The molecule has 2 aromatic carbocycles. The van der Waals surface area contributed by atoms with E-state index in [4.69, 9.17) is 24.2 Å². The standard InChI is InChI=1S/C20H22BClO2/c1-13-8-18(12-23)24-20(9-13)15-4-7-19(22)16(11-15)10-14-2-5-17(21)6-3-14/h2-7,11,13,18,20,23H,8-10,12H2,1H3/t13-,18-,20+/m0/s1. The zero-order valence-electron chi connectivity index (χ0n) is 13.9. The number of rotatable bonds is 4. The van der Waals surface area contributed by atoms with E-state index >= 15 is 0 Å². The molecule has 2 aromatic rings. The summed E-state index contributed by atoms with van der Waals surface area (Å²) < 4.78 is 6.04. The summed E-state index contributed by atoms with van der Waals surface area (Å²) in [5.41, 5.74) is 4.16. The molecule has 1 saturated heterocycles. The van der Waals surface area contributed by atoms with Crippen LogP contribution in [-0.4, -0.2) is 25.7 Å². The summed E-state index contributed by atoms with van der Waals surface area (Å²) in [7, 11) is 5.75. The van der Waals surface area contributed by atoms with E-state index in [9.17, 15) is 5.11 Å². The molecular weight excluding hydrogens is 318 g/mol. The highest BCUT2D eigenvalue weighted by molar-refractivity contribution is 6.32. The number of hydrogen-bond donors (Lipinski definition) is 1. The third-order valence-electron chi connectivity index (χ3n) is 4.66. The molecule has 2 radical (unpaired) electrons. The van der Waals surface area contributed by atoms with Gasteiger partial charge in [0.2, 0.25) is 0 Å². The van der Waals surface area contributed by atoms with Crippen LogP contribution in [0.1, 0.15) is 42.6 Å². The second kappa shape index (κ2) is 7.73. The number of aliphatic hydroxyl groups excluding tert-OH is 1. The van der Waals surface area contributed by atoms with Crippen LogP contribution >= 0.6 is 11.6 Å². The molecule has 1 aliphatic rings. The third kappa shape index (κ3) is 4.21. The van der Waals surface area contributed by atoms with Gasteiger partial charge >= 0.3 is 0 Å². The Morgan fingerprint density at radius 3 is 2.62 bits per heavy atom. The Bertz CT molecular complexity index is 687. The Labute approximate surface area is 150 Å². The largest absolute Gasteiger partial charge is 0.394 e. The van der Waals surface area contributed by atoms with E-state index in [0.29, 0.717) is 5.92 Å². The Balaban J connectivity index is 1.81. The van der Waals surface area contributed by atoms with Crippen molar-refractivity contribution >= 4 is 24.9 Å². The van der Waals surface area contributed by atoms with Gasteiger partial charge in [0.05, 0.1) is 18.8 Å². The maximum Gasteiger partial charge on any atom is 0.113 e. The molecule has 0 unspecified atom stereocenters. The van der Waals surface area contributed by atoms with Gasteiger partial charge in [-0.3, -0.25) is 0 Å². The molecule has 3 rings (SSSR count). The van der Waals surface area contributed by atoms with Crippen LogP contribution in [0.3, 0.4) is 0 Å². The van der Waals surface area contributed by atoms with Crippen molar-refractivity contribution in [1.82, 2.24) is 0 Å². The van der Waals surface area contributed by atoms with Crippen molar-refractivity contribution in [3.05, 3.63) is 64.2 Å². The van der Waals surface area contributed by atoms with Gasteiger partial charge in [-0.1, -0.05) is 60.4 Å². The molecule has 0 bridgehead atoms. The number of aliphatic hydroxyl groups is 1. The molecule has 0 amide bonds. The van der Waals surface area contributed by atoms with E-state index in [0.717, 1.165) is 40.9 Å². The van der Waals surface area contributed by atoms with E-state index in [1.807, 2.05) is 36.4 Å². The van der Waals surface area contributed by atoms with Gasteiger partial charge < -0.3 is 9.84 Å². The van der Waals surface area contributed by atoms with Crippen LogP contribution in [0.15, 0.2) is 42.5 Å². The molecule has 24 heavy (non-hydrogen) atoms. The van der Waals surface area contributed by atoms with Crippen LogP contribution in [0.4, 0.5) is 0 Å². The lowest BCUT2D eigenvalue weighted by Crippen LogP contribution is -2.29. The first-order valence-electron chi connectivity index (χ1n) is 8.44. The van der Waals surface area contributed by atoms with E-state index in [1.54, 1.807) is 0 Å². The molecule has 1 aliphatic heterocycles. The molecule has 2 nitrogen and oxygen atoms in total. The number of ether oxygens (including phenoxy) is 1. The smallest absolute Gasteiger partial charge is 0.113 e. The Morgan fingerprint density at radius 2 is 1.92 bits per heavy atom. The van der Waals surface area contributed by atoms with Crippen LogP contribution < -0.4 is 5.46 Å². The molecule has 1 fully saturated rings. The Kier molecular flexibility index (Phi) is 5.65. The molecule has 3 atom stereocenters. The van der Waals surface area contributed by atoms with Crippen molar-refractivity contribution in [2.24, 2.45) is 5.92 Å². The number of hydrogen-bond acceptors (Lipinski definition) is 2. The summed E-state index contributed by atoms with van der Waals surface area (Å²) >= 11 is 6.40. The van der Waals surface area contributed by atoms with Crippen LogP contribution in [-0.2, 0) is 11.2 Å². The summed E-state index contributed by atoms with van der Waals surface area (Å²) in [6.45, 7) is 2.29. The quantitative estimate of drug-likeness (QED) is 0.862. The maximum absolute atomic E-state index is 9.43. The first-order chi connectivity index (χ1) is 11.5. The highest BCUT2D eigenvalue weighted by Crippen LogP contribution is 2.36. The molecule has 0 aliphatic carbocycles. The van der Waals surface area contributed by atoms with Crippen LogP contribution in [0.2, 0.25) is 5.02 Å². The molecule has 0 aromatic heterocycles. The van der Waals surface area contributed by atoms with Gasteiger partial charge in [-0.15, -0.1) is 0 Å².